The van der Waals surface area contributed by atoms with Crippen LogP contribution in [-0.2, 0) is 4.79 Å². The first-order valence-electron chi connectivity index (χ1n) is 5.50. The van der Waals surface area contributed by atoms with Gasteiger partial charge in [0.25, 0.3) is 0 Å². The maximum atomic E-state index is 10.3. The van der Waals surface area contributed by atoms with Crippen LogP contribution >= 0.6 is 0 Å². The number of aliphatic hydroxyl groups excluding tert-OH is 1. The van der Waals surface area contributed by atoms with Crippen LogP contribution < -0.4 is 0 Å². The molecule has 0 aliphatic rings. The number of rotatable bonds is 8. The zero-order valence-corrected chi connectivity index (χ0v) is 9.33. The van der Waals surface area contributed by atoms with Crippen molar-refractivity contribution in [1.82, 2.24) is 0 Å². The molecule has 0 spiro atoms. The van der Waals surface area contributed by atoms with Gasteiger partial charge >= 0.3 is 0 Å². The highest BCUT2D eigenvalue weighted by Gasteiger charge is 2.01. The molecule has 0 radical (unpaired) electrons. The zero-order valence-electron chi connectivity index (χ0n) is 9.33. The molecule has 0 aromatic rings. The third-order valence-electron chi connectivity index (χ3n) is 2.29. The monoisotopic (exact) mass is 198 g/mol. The van der Waals surface area contributed by atoms with Gasteiger partial charge in [0.2, 0.25) is 0 Å². The highest BCUT2D eigenvalue weighted by atomic mass is 16.3. The first kappa shape index (κ1) is 13.4. The van der Waals surface area contributed by atoms with E-state index in [1.54, 1.807) is 13.0 Å². The van der Waals surface area contributed by atoms with Crippen molar-refractivity contribution < 1.29 is 9.90 Å². The summed E-state index contributed by atoms with van der Waals surface area (Å²) in [5, 5.41) is 9.53. The first-order chi connectivity index (χ1) is 6.70. The Labute approximate surface area is 87.0 Å². The van der Waals surface area contributed by atoms with E-state index in [1.807, 2.05) is 0 Å². The summed E-state index contributed by atoms with van der Waals surface area (Å²) in [5.74, 6) is 0. The lowest BCUT2D eigenvalue weighted by atomic mass is 10.1. The highest BCUT2D eigenvalue weighted by molar-refractivity contribution is 5.71. The van der Waals surface area contributed by atoms with Crippen LogP contribution in [-0.4, -0.2) is 17.5 Å². The van der Waals surface area contributed by atoms with Crippen LogP contribution in [0.4, 0.5) is 0 Å². The summed E-state index contributed by atoms with van der Waals surface area (Å²) in [4.78, 5) is 10.3. The van der Waals surface area contributed by atoms with Gasteiger partial charge in [0.05, 0.1) is 6.10 Å². The van der Waals surface area contributed by atoms with Gasteiger partial charge in [-0.25, -0.2) is 0 Å². The Kier molecular flexibility index (Phi) is 8.54. The van der Waals surface area contributed by atoms with Crippen LogP contribution in [0.3, 0.4) is 0 Å². The summed E-state index contributed by atoms with van der Waals surface area (Å²) in [5.41, 5.74) is 0.706. The molecule has 0 aliphatic carbocycles. The molecular formula is C12H22O2. The number of hydrogen-bond donors (Lipinski definition) is 1. The molecule has 0 bridgehead atoms. The van der Waals surface area contributed by atoms with Crippen molar-refractivity contribution in [3.63, 3.8) is 0 Å². The van der Waals surface area contributed by atoms with Crippen molar-refractivity contribution in [1.29, 1.82) is 0 Å². The molecule has 0 fully saturated rings. The Morgan fingerprint density at radius 3 is 2.64 bits per heavy atom. The lowest BCUT2D eigenvalue weighted by Crippen LogP contribution is -2.04. The average Bonchev–Trinajstić information content (AvgIpc) is 2.21. The molecule has 0 aromatic carbocycles. The van der Waals surface area contributed by atoms with E-state index in [2.05, 4.69) is 6.92 Å². The lowest BCUT2D eigenvalue weighted by Gasteiger charge is -2.07. The molecule has 0 rings (SSSR count). The third kappa shape index (κ3) is 7.99. The fraction of sp³-hybridized carbons (Fsp3) is 0.750. The van der Waals surface area contributed by atoms with E-state index in [0.29, 0.717) is 12.0 Å². The molecule has 2 heteroatoms. The maximum Gasteiger partial charge on any atom is 0.145 e. The quantitative estimate of drug-likeness (QED) is 0.370. The minimum atomic E-state index is -0.276. The number of allylic oxidation sites excluding steroid dienone is 1. The van der Waals surface area contributed by atoms with Crippen LogP contribution in [0.15, 0.2) is 11.6 Å². The number of carbonyl (C=O) groups excluding carboxylic acids is 1. The molecule has 82 valence electrons. The summed E-state index contributed by atoms with van der Waals surface area (Å²) in [6, 6.07) is 0. The van der Waals surface area contributed by atoms with E-state index in [4.69, 9.17) is 0 Å². The topological polar surface area (TPSA) is 37.3 Å². The Morgan fingerprint density at radius 1 is 1.36 bits per heavy atom. The van der Waals surface area contributed by atoms with Gasteiger partial charge in [-0.1, -0.05) is 38.7 Å². The molecule has 0 saturated carbocycles. The Balaban J connectivity index is 3.45. The van der Waals surface area contributed by atoms with E-state index >= 15 is 0 Å². The number of aliphatic hydroxyl groups is 1. The molecule has 14 heavy (non-hydrogen) atoms. The number of unbranched alkanes of at least 4 members (excludes halogenated alkanes) is 3. The smallest absolute Gasteiger partial charge is 0.145 e. The van der Waals surface area contributed by atoms with Gasteiger partial charge in [-0.05, 0) is 25.3 Å². The molecule has 0 aliphatic heterocycles. The van der Waals surface area contributed by atoms with Crippen LogP contribution in [0.2, 0.25) is 0 Å². The second-order valence-corrected chi connectivity index (χ2v) is 3.80. The second-order valence-electron chi connectivity index (χ2n) is 3.80. The summed E-state index contributed by atoms with van der Waals surface area (Å²) >= 11 is 0. The van der Waals surface area contributed by atoms with E-state index < -0.39 is 0 Å². The van der Waals surface area contributed by atoms with E-state index in [1.165, 1.54) is 19.3 Å². The first-order valence-corrected chi connectivity index (χ1v) is 5.50. The predicted molar refractivity (Wildman–Crippen MR) is 59.2 cm³/mol. The molecule has 0 aromatic heterocycles. The Bertz CT molecular complexity index is 173. The van der Waals surface area contributed by atoms with Gasteiger partial charge in [-0.15, -0.1) is 0 Å². The normalized spacial score (nSPS) is 14.1. The molecule has 0 saturated heterocycles. The van der Waals surface area contributed by atoms with E-state index in [9.17, 15) is 9.90 Å². The molecule has 0 heterocycles. The van der Waals surface area contributed by atoms with E-state index in [-0.39, 0.29) is 6.10 Å². The summed E-state index contributed by atoms with van der Waals surface area (Å²) < 4.78 is 0. The minimum Gasteiger partial charge on any atom is -0.393 e. The van der Waals surface area contributed by atoms with Gasteiger partial charge in [-0.3, -0.25) is 4.79 Å². The molecule has 1 atom stereocenters. The van der Waals surface area contributed by atoms with Crippen molar-refractivity contribution >= 4 is 6.29 Å². The van der Waals surface area contributed by atoms with Gasteiger partial charge in [-0.2, -0.15) is 0 Å². The number of hydrogen-bond acceptors (Lipinski definition) is 2. The zero-order chi connectivity index (χ0) is 10.8. The van der Waals surface area contributed by atoms with Crippen molar-refractivity contribution in [2.24, 2.45) is 0 Å². The summed E-state index contributed by atoms with van der Waals surface area (Å²) in [7, 11) is 0. The average molecular weight is 198 g/mol. The van der Waals surface area contributed by atoms with Crippen molar-refractivity contribution in [2.75, 3.05) is 0 Å². The molecule has 1 unspecified atom stereocenters. The number of carbonyl (C=O) groups is 1. The van der Waals surface area contributed by atoms with Gasteiger partial charge in [0, 0.05) is 0 Å². The predicted octanol–water partition coefficient (Wildman–Crippen LogP) is 2.85. The van der Waals surface area contributed by atoms with Crippen molar-refractivity contribution in [2.45, 2.75) is 58.5 Å². The fourth-order valence-electron chi connectivity index (χ4n) is 1.29. The largest absolute Gasteiger partial charge is 0.393 e. The minimum absolute atomic E-state index is 0.276. The van der Waals surface area contributed by atoms with Crippen molar-refractivity contribution in [3.05, 3.63) is 11.6 Å². The van der Waals surface area contributed by atoms with Gasteiger partial charge < -0.3 is 5.11 Å². The van der Waals surface area contributed by atoms with Crippen LogP contribution in [0, 0.1) is 0 Å². The molecule has 1 N–H and O–H groups in total. The number of aldehydes is 1. The Morgan fingerprint density at radius 2 is 2.07 bits per heavy atom. The summed E-state index contributed by atoms with van der Waals surface area (Å²) in [6.45, 7) is 3.93. The molecular weight excluding hydrogens is 176 g/mol. The SMILES string of the molecule is CCCCCCC(O)C/C=C(\C)C=O. The van der Waals surface area contributed by atoms with Crippen LogP contribution in [0.1, 0.15) is 52.4 Å². The maximum absolute atomic E-state index is 10.3. The Hall–Kier alpha value is -0.630. The van der Waals surface area contributed by atoms with Gasteiger partial charge in [0.15, 0.2) is 0 Å². The summed E-state index contributed by atoms with van der Waals surface area (Å²) in [6.07, 6.45) is 8.56. The van der Waals surface area contributed by atoms with Crippen molar-refractivity contribution in [3.8, 4) is 0 Å². The van der Waals surface area contributed by atoms with Crippen LogP contribution in [0.5, 0.6) is 0 Å². The third-order valence-corrected chi connectivity index (χ3v) is 2.29. The van der Waals surface area contributed by atoms with E-state index in [0.717, 1.165) is 19.1 Å². The standard InChI is InChI=1S/C12H22O2/c1-3-4-5-6-7-12(14)9-8-11(2)10-13/h8,10,12,14H,3-7,9H2,1-2H3/b11-8+. The molecule has 0 amide bonds. The lowest BCUT2D eigenvalue weighted by molar-refractivity contribution is -0.104. The van der Waals surface area contributed by atoms with Crippen LogP contribution in [0.25, 0.3) is 0 Å². The van der Waals surface area contributed by atoms with Gasteiger partial charge in [0.1, 0.15) is 6.29 Å². The fourth-order valence-corrected chi connectivity index (χ4v) is 1.29. The highest BCUT2D eigenvalue weighted by Crippen LogP contribution is 2.08. The molecule has 2 nitrogen and oxygen atoms in total. The second kappa shape index (κ2) is 8.95.